The monoisotopic (exact) mass is 366 g/mol. The van der Waals surface area contributed by atoms with Gasteiger partial charge in [0.05, 0.1) is 13.2 Å². The van der Waals surface area contributed by atoms with Crippen molar-refractivity contribution in [3.05, 3.63) is 24.7 Å². The van der Waals surface area contributed by atoms with Crippen molar-refractivity contribution >= 4 is 20.7 Å². The number of thiol groups is 1. The summed E-state index contributed by atoms with van der Waals surface area (Å²) in [4.78, 5) is 5.97. The van der Waals surface area contributed by atoms with Crippen molar-refractivity contribution < 1.29 is 21.6 Å². The first kappa shape index (κ1) is 19.8. The van der Waals surface area contributed by atoms with E-state index in [-0.39, 0.29) is 5.03 Å². The van der Waals surface area contributed by atoms with E-state index < -0.39 is 26.1 Å². The van der Waals surface area contributed by atoms with Gasteiger partial charge < -0.3 is 9.30 Å². The number of morpholine rings is 1. The molecule has 9 nitrogen and oxygen atoms in total. The summed E-state index contributed by atoms with van der Waals surface area (Å²) in [7, 11) is -4.38. The van der Waals surface area contributed by atoms with Gasteiger partial charge in [0.25, 0.3) is 0 Å². The molecule has 1 aromatic heterocycles. The average Bonchev–Trinajstić information content (AvgIpc) is 2.80. The molecule has 0 saturated carbocycles. The van der Waals surface area contributed by atoms with E-state index in [1.54, 1.807) is 24.7 Å². The molecule has 0 aliphatic carbocycles. The highest BCUT2D eigenvalue weighted by atomic mass is 32.2. The van der Waals surface area contributed by atoms with E-state index in [1.165, 1.54) is 6.08 Å². The minimum Gasteiger partial charge on any atom is -0.379 e. The first-order valence-electron chi connectivity index (χ1n) is 6.77. The molecule has 23 heavy (non-hydrogen) atoms. The Morgan fingerprint density at radius 2 is 1.96 bits per heavy atom. The topological polar surface area (TPSA) is 125 Å². The van der Waals surface area contributed by atoms with E-state index in [0.717, 1.165) is 0 Å². The van der Waals surface area contributed by atoms with Crippen molar-refractivity contribution in [2.24, 2.45) is 12.2 Å². The molecule has 2 rings (SSSR count). The lowest BCUT2D eigenvalue weighted by molar-refractivity contribution is 0.0374. The van der Waals surface area contributed by atoms with Crippen LogP contribution in [-0.2, 0) is 32.5 Å². The van der Waals surface area contributed by atoms with Crippen LogP contribution in [0.1, 0.15) is 5.82 Å². The summed E-state index contributed by atoms with van der Waals surface area (Å²) < 4.78 is 49.8. The normalized spacial score (nSPS) is 17.4. The van der Waals surface area contributed by atoms with Crippen molar-refractivity contribution in [3.63, 3.8) is 0 Å². The second-order valence-corrected chi connectivity index (χ2v) is 7.40. The zero-order valence-electron chi connectivity index (χ0n) is 13.1. The van der Waals surface area contributed by atoms with E-state index in [4.69, 9.17) is 13.2 Å². The van der Waals surface area contributed by atoms with Gasteiger partial charge in [0, 0.05) is 26.3 Å². The summed E-state index contributed by atoms with van der Waals surface area (Å²) in [5, 5.41) is 3.42. The highest BCUT2D eigenvalue weighted by Crippen LogP contribution is 2.20. The van der Waals surface area contributed by atoms with Crippen molar-refractivity contribution in [1.29, 1.82) is 0 Å². The van der Waals surface area contributed by atoms with Crippen LogP contribution in [0.15, 0.2) is 23.9 Å². The average molecular weight is 366 g/mol. The summed E-state index contributed by atoms with van der Waals surface area (Å²) in [5.74, 6) is 0.670. The highest BCUT2D eigenvalue weighted by Gasteiger charge is 2.33. The van der Waals surface area contributed by atoms with E-state index in [0.29, 0.717) is 32.1 Å². The van der Waals surface area contributed by atoms with E-state index in [1.807, 2.05) is 4.90 Å². The summed E-state index contributed by atoms with van der Waals surface area (Å²) in [6.45, 7) is 7.69. The molecule has 0 bridgehead atoms. The summed E-state index contributed by atoms with van der Waals surface area (Å²) >= 11 is 0. The molecule has 0 amide bonds. The van der Waals surface area contributed by atoms with Gasteiger partial charge in [0.15, 0.2) is 15.9 Å². The van der Waals surface area contributed by atoms with Crippen molar-refractivity contribution in [2.45, 2.75) is 17.3 Å². The lowest BCUT2D eigenvalue weighted by atomic mass is 10.4. The van der Waals surface area contributed by atoms with Crippen LogP contribution in [-0.4, -0.2) is 63.0 Å². The van der Waals surface area contributed by atoms with Gasteiger partial charge >= 0.3 is 0 Å². The van der Waals surface area contributed by atoms with E-state index in [2.05, 4.69) is 16.7 Å². The maximum Gasteiger partial charge on any atom is 0.216 e. The van der Waals surface area contributed by atoms with Crippen LogP contribution in [0.2, 0.25) is 0 Å². The number of nitrogens with two attached hydrogens (primary N) is 1. The van der Waals surface area contributed by atoms with Crippen LogP contribution < -0.4 is 5.14 Å². The first-order chi connectivity index (χ1) is 10.7. The molecule has 1 aliphatic heterocycles. The molecule has 0 spiro atoms. The molecule has 1 saturated heterocycles. The zero-order chi connectivity index (χ0) is 17.6. The van der Waals surface area contributed by atoms with Gasteiger partial charge in [-0.2, -0.15) is 0 Å². The van der Waals surface area contributed by atoms with Gasteiger partial charge in [-0.3, -0.25) is 4.90 Å². The SMILES string of the molecule is C=CC(N1CCOCC1)S(=O)(=O)c1cn(C)c(C)n1.N[SH](=O)=O. The van der Waals surface area contributed by atoms with Crippen LogP contribution in [0.3, 0.4) is 0 Å². The van der Waals surface area contributed by atoms with Crippen LogP contribution in [0.5, 0.6) is 0 Å². The largest absolute Gasteiger partial charge is 0.379 e. The molecule has 0 aromatic carbocycles. The molecule has 132 valence electrons. The Hall–Kier alpha value is -1.27. The third-order valence-corrected chi connectivity index (χ3v) is 5.21. The van der Waals surface area contributed by atoms with Crippen molar-refractivity contribution in [1.82, 2.24) is 14.5 Å². The first-order valence-corrected chi connectivity index (χ1v) is 9.56. The number of aryl methyl sites for hydroxylation is 2. The van der Waals surface area contributed by atoms with Gasteiger partial charge in [0.1, 0.15) is 11.2 Å². The maximum atomic E-state index is 12.6. The minimum atomic E-state index is -3.53. The Kier molecular flexibility index (Phi) is 7.35. The summed E-state index contributed by atoms with van der Waals surface area (Å²) in [5.41, 5.74) is 0. The van der Waals surface area contributed by atoms with Gasteiger partial charge in [-0.05, 0) is 6.92 Å². The molecule has 2 N–H and O–H groups in total. The molecule has 1 atom stereocenters. The Bertz CT molecular complexity index is 678. The molecule has 1 fully saturated rings. The number of rotatable bonds is 4. The van der Waals surface area contributed by atoms with Gasteiger partial charge in [-0.15, -0.1) is 6.58 Å². The van der Waals surface area contributed by atoms with Crippen LogP contribution in [0.25, 0.3) is 0 Å². The quantitative estimate of drug-likeness (QED) is 0.507. The number of nitrogens with zero attached hydrogens (tertiary/aromatic N) is 3. The summed E-state index contributed by atoms with van der Waals surface area (Å²) in [6, 6.07) is 0. The number of hydrogen-bond donors (Lipinski definition) is 2. The molecule has 1 unspecified atom stereocenters. The van der Waals surface area contributed by atoms with Gasteiger partial charge in [-0.25, -0.2) is 27.0 Å². The van der Waals surface area contributed by atoms with E-state index >= 15 is 0 Å². The zero-order valence-corrected chi connectivity index (χ0v) is 14.8. The lowest BCUT2D eigenvalue weighted by Gasteiger charge is -2.31. The molecule has 1 aromatic rings. The van der Waals surface area contributed by atoms with Crippen LogP contribution in [0.4, 0.5) is 0 Å². The third kappa shape index (κ3) is 5.39. The Labute approximate surface area is 137 Å². The predicted octanol–water partition coefficient (Wildman–Crippen LogP) is -1.18. The number of sulfone groups is 1. The van der Waals surface area contributed by atoms with Crippen LogP contribution in [0, 0.1) is 6.92 Å². The molecular weight excluding hydrogens is 344 g/mol. The molecule has 1 aliphatic rings. The molecular formula is C12H22N4O5S2. The summed E-state index contributed by atoms with van der Waals surface area (Å²) in [6.07, 6.45) is 3.01. The highest BCUT2D eigenvalue weighted by molar-refractivity contribution is 7.92. The smallest absolute Gasteiger partial charge is 0.216 e. The van der Waals surface area contributed by atoms with Gasteiger partial charge in [-0.1, -0.05) is 6.08 Å². The molecule has 2 heterocycles. The Morgan fingerprint density at radius 3 is 2.35 bits per heavy atom. The number of hydrogen-bond acceptors (Lipinski definition) is 7. The maximum absolute atomic E-state index is 12.6. The Balaban J connectivity index is 0.000000593. The van der Waals surface area contributed by atoms with Crippen LogP contribution >= 0.6 is 0 Å². The molecule has 0 radical (unpaired) electrons. The second-order valence-electron chi connectivity index (χ2n) is 4.84. The van der Waals surface area contributed by atoms with E-state index in [9.17, 15) is 8.42 Å². The number of aromatic nitrogens is 2. The number of imidazole rings is 1. The fourth-order valence-electron chi connectivity index (χ4n) is 2.09. The second kappa shape index (κ2) is 8.55. The predicted molar refractivity (Wildman–Crippen MR) is 86.0 cm³/mol. The standard InChI is InChI=1S/C12H19N3O3S.H3NO2S/c1-4-12(15-5-7-18-8-6-15)19(16,17)11-9-14(3)10(2)13-11;1-4(2)3/h4,9,12H,1,5-8H2,2-3H3;4H,(H2,1,2,3). The number of ether oxygens (including phenoxy) is 1. The van der Waals surface area contributed by atoms with Crippen molar-refractivity contribution in [2.75, 3.05) is 26.3 Å². The fourth-order valence-corrected chi connectivity index (χ4v) is 3.76. The molecule has 11 heteroatoms. The lowest BCUT2D eigenvalue weighted by Crippen LogP contribution is -2.46. The minimum absolute atomic E-state index is 0.101. The van der Waals surface area contributed by atoms with Crippen molar-refractivity contribution in [3.8, 4) is 0 Å². The van der Waals surface area contributed by atoms with Gasteiger partial charge in [0.2, 0.25) is 9.84 Å². The Morgan fingerprint density at radius 1 is 1.43 bits per heavy atom. The third-order valence-electron chi connectivity index (χ3n) is 3.30. The fraction of sp³-hybridized carbons (Fsp3) is 0.583.